The second kappa shape index (κ2) is 5.06. The molecule has 0 aromatic heterocycles. The SMILES string of the molecule is O=[N+]([O-])C[C@@](O)(C#Cc1ccccc1)C(F)(F)F. The number of nitrogens with zero attached hydrogens (tertiary/aromatic N) is 1. The molecule has 0 amide bonds. The molecule has 0 aliphatic carbocycles. The van der Waals surface area contributed by atoms with Crippen LogP contribution in [-0.2, 0) is 0 Å². The molecule has 7 heteroatoms. The molecular weight excluding hydrogens is 251 g/mol. The molecule has 0 saturated carbocycles. The first-order chi connectivity index (χ1) is 8.24. The Morgan fingerprint density at radius 3 is 2.28 bits per heavy atom. The molecule has 0 bridgehead atoms. The predicted molar refractivity (Wildman–Crippen MR) is 56.2 cm³/mol. The Bertz CT molecular complexity index is 490. The van der Waals surface area contributed by atoms with Crippen LogP contribution < -0.4 is 0 Å². The minimum atomic E-state index is -5.19. The minimum absolute atomic E-state index is 0.225. The molecule has 0 unspecified atom stereocenters. The van der Waals surface area contributed by atoms with Crippen LogP contribution in [0.5, 0.6) is 0 Å². The van der Waals surface area contributed by atoms with Crippen molar-refractivity contribution in [2.24, 2.45) is 0 Å². The lowest BCUT2D eigenvalue weighted by molar-refractivity contribution is -0.509. The maximum absolute atomic E-state index is 12.5. The average Bonchev–Trinajstić information content (AvgIpc) is 2.25. The third kappa shape index (κ3) is 3.46. The summed E-state index contributed by atoms with van der Waals surface area (Å²) in [5, 5.41) is 19.4. The highest BCUT2D eigenvalue weighted by Gasteiger charge is 2.57. The van der Waals surface area contributed by atoms with Gasteiger partial charge >= 0.3 is 6.18 Å². The quantitative estimate of drug-likeness (QED) is 0.498. The molecular formula is C11H8F3NO3. The van der Waals surface area contributed by atoms with Crippen LogP contribution in [0, 0.1) is 22.0 Å². The first-order valence-electron chi connectivity index (χ1n) is 4.74. The van der Waals surface area contributed by atoms with Gasteiger partial charge in [-0.05, 0) is 18.1 Å². The molecule has 1 N–H and O–H groups in total. The van der Waals surface area contributed by atoms with E-state index >= 15 is 0 Å². The van der Waals surface area contributed by atoms with E-state index < -0.39 is 23.2 Å². The van der Waals surface area contributed by atoms with Crippen LogP contribution in [0.2, 0.25) is 0 Å². The summed E-state index contributed by atoms with van der Waals surface area (Å²) >= 11 is 0. The topological polar surface area (TPSA) is 63.4 Å². The summed E-state index contributed by atoms with van der Waals surface area (Å²) in [5.41, 5.74) is -3.42. The number of aliphatic hydroxyl groups is 1. The van der Waals surface area contributed by atoms with Gasteiger partial charge in [0.25, 0.3) is 12.1 Å². The molecule has 0 radical (unpaired) electrons. The molecule has 1 atom stereocenters. The monoisotopic (exact) mass is 259 g/mol. The normalized spacial score (nSPS) is 14.2. The fourth-order valence-electron chi connectivity index (χ4n) is 1.08. The zero-order chi connectivity index (χ0) is 13.8. The molecule has 4 nitrogen and oxygen atoms in total. The number of halogens is 3. The van der Waals surface area contributed by atoms with Crippen LogP contribution in [0.25, 0.3) is 0 Å². The van der Waals surface area contributed by atoms with Crippen LogP contribution >= 0.6 is 0 Å². The third-order valence-corrected chi connectivity index (χ3v) is 2.01. The molecule has 0 spiro atoms. The Hall–Kier alpha value is -2.07. The first-order valence-corrected chi connectivity index (χ1v) is 4.74. The Kier molecular flexibility index (Phi) is 3.93. The van der Waals surface area contributed by atoms with E-state index in [1.54, 1.807) is 18.2 Å². The van der Waals surface area contributed by atoms with Crippen molar-refractivity contribution in [2.45, 2.75) is 11.8 Å². The first kappa shape index (κ1) is 14.0. The Morgan fingerprint density at radius 2 is 1.83 bits per heavy atom. The van der Waals surface area contributed by atoms with Gasteiger partial charge in [-0.3, -0.25) is 10.1 Å². The summed E-state index contributed by atoms with van der Waals surface area (Å²) in [4.78, 5) is 8.89. The lowest BCUT2D eigenvalue weighted by atomic mass is 10.0. The number of hydrogen-bond acceptors (Lipinski definition) is 3. The smallest absolute Gasteiger partial charge is 0.365 e. The molecule has 18 heavy (non-hydrogen) atoms. The fourth-order valence-corrected chi connectivity index (χ4v) is 1.08. The van der Waals surface area contributed by atoms with Gasteiger partial charge in [0.15, 0.2) is 0 Å². The third-order valence-electron chi connectivity index (χ3n) is 2.01. The zero-order valence-corrected chi connectivity index (χ0v) is 8.94. The number of nitro groups is 1. The van der Waals surface area contributed by atoms with E-state index in [0.29, 0.717) is 0 Å². The number of hydrogen-bond donors (Lipinski definition) is 1. The van der Waals surface area contributed by atoms with E-state index in [2.05, 4.69) is 5.92 Å². The van der Waals surface area contributed by atoms with Crippen molar-refractivity contribution >= 4 is 0 Å². The van der Waals surface area contributed by atoms with Gasteiger partial charge in [-0.1, -0.05) is 24.1 Å². The summed E-state index contributed by atoms with van der Waals surface area (Å²) in [6.07, 6.45) is -5.19. The Morgan fingerprint density at radius 1 is 1.28 bits per heavy atom. The summed E-state index contributed by atoms with van der Waals surface area (Å²) in [6, 6.07) is 7.58. The van der Waals surface area contributed by atoms with Crippen LogP contribution in [-0.4, -0.2) is 28.4 Å². The van der Waals surface area contributed by atoms with Crippen molar-refractivity contribution in [3.05, 3.63) is 46.0 Å². The van der Waals surface area contributed by atoms with Gasteiger partial charge in [-0.2, -0.15) is 13.2 Å². The van der Waals surface area contributed by atoms with Crippen molar-refractivity contribution in [3.8, 4) is 11.8 Å². The van der Waals surface area contributed by atoms with E-state index in [9.17, 15) is 28.4 Å². The van der Waals surface area contributed by atoms with Crippen molar-refractivity contribution in [3.63, 3.8) is 0 Å². The summed E-state index contributed by atoms with van der Waals surface area (Å²) in [7, 11) is 0. The molecule has 0 aliphatic heterocycles. The molecule has 0 saturated heterocycles. The lowest BCUT2D eigenvalue weighted by Crippen LogP contribution is -2.49. The molecule has 1 aromatic carbocycles. The Balaban J connectivity index is 3.08. The van der Waals surface area contributed by atoms with E-state index in [0.717, 1.165) is 0 Å². The van der Waals surface area contributed by atoms with Gasteiger partial charge in [-0.15, -0.1) is 0 Å². The second-order valence-corrected chi connectivity index (χ2v) is 3.46. The van der Waals surface area contributed by atoms with Crippen LogP contribution in [0.15, 0.2) is 30.3 Å². The van der Waals surface area contributed by atoms with Gasteiger partial charge < -0.3 is 5.11 Å². The van der Waals surface area contributed by atoms with Gasteiger partial charge in [0.05, 0.1) is 0 Å². The van der Waals surface area contributed by atoms with Gasteiger partial charge in [-0.25, -0.2) is 0 Å². The Labute approximate surface area is 100 Å². The highest BCUT2D eigenvalue weighted by Crippen LogP contribution is 2.30. The predicted octanol–water partition coefficient (Wildman–Crippen LogP) is 1.61. The highest BCUT2D eigenvalue weighted by molar-refractivity contribution is 5.36. The maximum atomic E-state index is 12.5. The van der Waals surface area contributed by atoms with Crippen molar-refractivity contribution in [1.29, 1.82) is 0 Å². The van der Waals surface area contributed by atoms with Crippen LogP contribution in [0.4, 0.5) is 13.2 Å². The molecule has 1 rings (SSSR count). The summed E-state index contributed by atoms with van der Waals surface area (Å²) < 4.78 is 37.5. The highest BCUT2D eigenvalue weighted by atomic mass is 19.4. The standard InChI is InChI=1S/C11H8F3NO3/c12-11(13,14)10(16,8-15(17)18)7-6-9-4-2-1-3-5-9/h1-5,16H,8H2/t10-/m0/s1. The van der Waals surface area contributed by atoms with Crippen molar-refractivity contribution in [2.75, 3.05) is 6.54 Å². The van der Waals surface area contributed by atoms with Crippen LogP contribution in [0.1, 0.15) is 5.56 Å². The zero-order valence-electron chi connectivity index (χ0n) is 8.94. The molecule has 0 aliphatic rings. The second-order valence-electron chi connectivity index (χ2n) is 3.46. The van der Waals surface area contributed by atoms with Crippen LogP contribution in [0.3, 0.4) is 0 Å². The molecule has 0 fully saturated rings. The van der Waals surface area contributed by atoms with Gasteiger partial charge in [0, 0.05) is 10.5 Å². The van der Waals surface area contributed by atoms with E-state index in [1.165, 1.54) is 18.1 Å². The molecule has 0 heterocycles. The van der Waals surface area contributed by atoms with E-state index in [1.807, 2.05) is 0 Å². The average molecular weight is 259 g/mol. The fraction of sp³-hybridized carbons (Fsp3) is 0.273. The van der Waals surface area contributed by atoms with Gasteiger partial charge in [0.1, 0.15) is 0 Å². The summed E-state index contributed by atoms with van der Waals surface area (Å²) in [5.74, 6) is 3.60. The van der Waals surface area contributed by atoms with E-state index in [4.69, 9.17) is 0 Å². The van der Waals surface area contributed by atoms with E-state index in [-0.39, 0.29) is 5.56 Å². The van der Waals surface area contributed by atoms with Crippen molar-refractivity contribution in [1.82, 2.24) is 0 Å². The summed E-state index contributed by atoms with van der Waals surface area (Å²) in [6.45, 7) is -1.71. The maximum Gasteiger partial charge on any atom is 0.435 e. The van der Waals surface area contributed by atoms with Gasteiger partial charge in [0.2, 0.25) is 0 Å². The molecule has 96 valence electrons. The number of rotatable bonds is 2. The number of alkyl halides is 3. The minimum Gasteiger partial charge on any atom is -0.365 e. The largest absolute Gasteiger partial charge is 0.435 e. The molecule has 1 aromatic rings. The lowest BCUT2D eigenvalue weighted by Gasteiger charge is -2.20. The number of benzene rings is 1. The van der Waals surface area contributed by atoms with Crippen molar-refractivity contribution < 1.29 is 23.2 Å².